The van der Waals surface area contributed by atoms with Crippen molar-refractivity contribution in [3.8, 4) is 0 Å². The first kappa shape index (κ1) is 18.0. The largest absolute Gasteiger partial charge is 0.466 e. The molecule has 0 aromatic heterocycles. The lowest BCUT2D eigenvalue weighted by atomic mass is 10.1. The third-order valence-electron chi connectivity index (χ3n) is 4.17. The van der Waals surface area contributed by atoms with Gasteiger partial charge in [-0.1, -0.05) is 36.8 Å². The fourth-order valence-corrected chi connectivity index (χ4v) is 3.09. The molecular weight excluding hydrogens is 290 g/mol. The highest BCUT2D eigenvalue weighted by molar-refractivity contribution is 5.69. The summed E-state index contributed by atoms with van der Waals surface area (Å²) < 4.78 is 11.0. The summed E-state index contributed by atoms with van der Waals surface area (Å²) in [7, 11) is 0. The molecule has 128 valence electrons. The van der Waals surface area contributed by atoms with Crippen LogP contribution in [0.15, 0.2) is 30.3 Å². The molecule has 0 N–H and O–H groups in total. The standard InChI is InChI=1S/C19H29NO3/c1-3-22-19(21)12-8-5-9-13-20-14-16(2)23-18(15-20)17-10-6-4-7-11-17/h4,6-7,10-11,16,18H,3,5,8-9,12-15H2,1-2H3. The summed E-state index contributed by atoms with van der Waals surface area (Å²) >= 11 is 0. The number of unbranched alkanes of at least 4 members (excludes halogenated alkanes) is 2. The van der Waals surface area contributed by atoms with E-state index in [9.17, 15) is 4.79 Å². The van der Waals surface area contributed by atoms with Gasteiger partial charge in [0, 0.05) is 19.5 Å². The fraction of sp³-hybridized carbons (Fsp3) is 0.632. The molecule has 0 radical (unpaired) electrons. The zero-order valence-corrected chi connectivity index (χ0v) is 14.4. The second-order valence-electron chi connectivity index (χ2n) is 6.22. The summed E-state index contributed by atoms with van der Waals surface area (Å²) in [6, 6.07) is 10.5. The topological polar surface area (TPSA) is 38.8 Å². The first-order valence-corrected chi connectivity index (χ1v) is 8.77. The number of nitrogens with zero attached hydrogens (tertiary/aromatic N) is 1. The number of carbonyl (C=O) groups is 1. The van der Waals surface area contributed by atoms with Crippen LogP contribution in [0.5, 0.6) is 0 Å². The Morgan fingerprint density at radius 3 is 2.74 bits per heavy atom. The van der Waals surface area contributed by atoms with E-state index in [2.05, 4.69) is 36.1 Å². The molecule has 0 bridgehead atoms. The average molecular weight is 319 g/mol. The molecule has 0 aliphatic carbocycles. The summed E-state index contributed by atoms with van der Waals surface area (Å²) in [6.45, 7) is 7.47. The van der Waals surface area contributed by atoms with Crippen molar-refractivity contribution in [2.75, 3.05) is 26.2 Å². The van der Waals surface area contributed by atoms with Crippen LogP contribution >= 0.6 is 0 Å². The van der Waals surface area contributed by atoms with E-state index in [1.54, 1.807) is 0 Å². The van der Waals surface area contributed by atoms with Gasteiger partial charge in [-0.2, -0.15) is 0 Å². The second-order valence-corrected chi connectivity index (χ2v) is 6.22. The summed E-state index contributed by atoms with van der Waals surface area (Å²) in [5, 5.41) is 0. The SMILES string of the molecule is CCOC(=O)CCCCCN1CC(C)OC(c2ccccc2)C1. The van der Waals surface area contributed by atoms with E-state index in [4.69, 9.17) is 9.47 Å². The van der Waals surface area contributed by atoms with Gasteiger partial charge in [0.05, 0.1) is 18.8 Å². The van der Waals surface area contributed by atoms with Gasteiger partial charge in [0.15, 0.2) is 0 Å². The van der Waals surface area contributed by atoms with Crippen molar-refractivity contribution in [2.24, 2.45) is 0 Å². The van der Waals surface area contributed by atoms with Crippen molar-refractivity contribution in [1.29, 1.82) is 0 Å². The van der Waals surface area contributed by atoms with Gasteiger partial charge < -0.3 is 9.47 Å². The van der Waals surface area contributed by atoms with Crippen LogP contribution in [0.3, 0.4) is 0 Å². The molecule has 4 nitrogen and oxygen atoms in total. The zero-order valence-electron chi connectivity index (χ0n) is 14.4. The number of hydrogen-bond donors (Lipinski definition) is 0. The minimum atomic E-state index is -0.0726. The third kappa shape index (κ3) is 6.32. The number of carbonyl (C=O) groups excluding carboxylic acids is 1. The highest BCUT2D eigenvalue weighted by atomic mass is 16.5. The number of hydrogen-bond acceptors (Lipinski definition) is 4. The van der Waals surface area contributed by atoms with Gasteiger partial charge in [0.2, 0.25) is 0 Å². The highest BCUT2D eigenvalue weighted by Gasteiger charge is 2.25. The Balaban J connectivity index is 1.70. The van der Waals surface area contributed by atoms with Crippen LogP contribution in [0.1, 0.15) is 51.2 Å². The van der Waals surface area contributed by atoms with Crippen LogP contribution in [0, 0.1) is 0 Å². The van der Waals surface area contributed by atoms with E-state index in [1.165, 1.54) is 5.56 Å². The molecule has 1 fully saturated rings. The average Bonchev–Trinajstić information content (AvgIpc) is 2.55. The minimum Gasteiger partial charge on any atom is -0.466 e. The normalized spacial score (nSPS) is 22.0. The van der Waals surface area contributed by atoms with E-state index in [-0.39, 0.29) is 18.2 Å². The maximum absolute atomic E-state index is 11.3. The Bertz CT molecular complexity index is 463. The van der Waals surface area contributed by atoms with Crippen LogP contribution < -0.4 is 0 Å². The first-order valence-electron chi connectivity index (χ1n) is 8.77. The smallest absolute Gasteiger partial charge is 0.305 e. The van der Waals surface area contributed by atoms with Gasteiger partial charge in [0.25, 0.3) is 0 Å². The summed E-state index contributed by atoms with van der Waals surface area (Å²) in [5.74, 6) is -0.0726. The molecule has 0 amide bonds. The molecule has 2 rings (SSSR count). The second kappa shape index (κ2) is 9.68. The lowest BCUT2D eigenvalue weighted by Gasteiger charge is -2.37. The van der Waals surface area contributed by atoms with Crippen molar-refractivity contribution >= 4 is 5.97 Å². The molecule has 1 saturated heterocycles. The minimum absolute atomic E-state index is 0.0726. The lowest BCUT2D eigenvalue weighted by Crippen LogP contribution is -2.43. The Kier molecular flexibility index (Phi) is 7.56. The van der Waals surface area contributed by atoms with Gasteiger partial charge in [-0.05, 0) is 38.8 Å². The maximum Gasteiger partial charge on any atom is 0.305 e. The van der Waals surface area contributed by atoms with E-state index in [0.29, 0.717) is 13.0 Å². The molecule has 1 heterocycles. The van der Waals surface area contributed by atoms with Crippen molar-refractivity contribution in [3.63, 3.8) is 0 Å². The van der Waals surface area contributed by atoms with E-state index in [1.807, 2.05) is 13.0 Å². The number of morpholine rings is 1. The molecule has 1 aromatic carbocycles. The van der Waals surface area contributed by atoms with E-state index >= 15 is 0 Å². The van der Waals surface area contributed by atoms with Crippen molar-refractivity contribution in [3.05, 3.63) is 35.9 Å². The van der Waals surface area contributed by atoms with Crippen molar-refractivity contribution < 1.29 is 14.3 Å². The van der Waals surface area contributed by atoms with Gasteiger partial charge >= 0.3 is 5.97 Å². The lowest BCUT2D eigenvalue weighted by molar-refractivity contribution is -0.143. The Morgan fingerprint density at radius 2 is 2.00 bits per heavy atom. The quantitative estimate of drug-likeness (QED) is 0.542. The third-order valence-corrected chi connectivity index (χ3v) is 4.17. The van der Waals surface area contributed by atoms with Crippen molar-refractivity contribution in [1.82, 2.24) is 4.90 Å². The number of esters is 1. The predicted molar refractivity (Wildman–Crippen MR) is 91.3 cm³/mol. The highest BCUT2D eigenvalue weighted by Crippen LogP contribution is 2.25. The fourth-order valence-electron chi connectivity index (χ4n) is 3.09. The molecular formula is C19H29NO3. The van der Waals surface area contributed by atoms with Gasteiger partial charge in [0.1, 0.15) is 0 Å². The number of rotatable bonds is 8. The molecule has 0 spiro atoms. The Morgan fingerprint density at radius 1 is 1.22 bits per heavy atom. The number of benzene rings is 1. The molecule has 2 unspecified atom stereocenters. The van der Waals surface area contributed by atoms with Crippen LogP contribution in [0.25, 0.3) is 0 Å². The zero-order chi connectivity index (χ0) is 16.5. The summed E-state index contributed by atoms with van der Waals surface area (Å²) in [4.78, 5) is 13.8. The Labute approximate surface area is 139 Å². The Hall–Kier alpha value is -1.39. The van der Waals surface area contributed by atoms with Crippen LogP contribution in [-0.4, -0.2) is 43.2 Å². The summed E-state index contributed by atoms with van der Waals surface area (Å²) in [5.41, 5.74) is 1.26. The predicted octanol–water partition coefficient (Wildman–Crippen LogP) is 3.57. The van der Waals surface area contributed by atoms with E-state index < -0.39 is 0 Å². The number of ether oxygens (including phenoxy) is 2. The van der Waals surface area contributed by atoms with Gasteiger partial charge in [-0.3, -0.25) is 9.69 Å². The van der Waals surface area contributed by atoms with Crippen LogP contribution in [-0.2, 0) is 14.3 Å². The molecule has 23 heavy (non-hydrogen) atoms. The first-order chi connectivity index (χ1) is 11.2. The van der Waals surface area contributed by atoms with Crippen LogP contribution in [0.4, 0.5) is 0 Å². The van der Waals surface area contributed by atoms with Crippen LogP contribution in [0.2, 0.25) is 0 Å². The molecule has 1 aliphatic heterocycles. The van der Waals surface area contributed by atoms with E-state index in [0.717, 1.165) is 38.9 Å². The monoisotopic (exact) mass is 319 g/mol. The molecule has 2 atom stereocenters. The van der Waals surface area contributed by atoms with Gasteiger partial charge in [-0.15, -0.1) is 0 Å². The molecule has 1 aromatic rings. The maximum atomic E-state index is 11.3. The van der Waals surface area contributed by atoms with Crippen molar-refractivity contribution in [2.45, 2.75) is 51.7 Å². The van der Waals surface area contributed by atoms with Gasteiger partial charge in [-0.25, -0.2) is 0 Å². The molecule has 4 heteroatoms. The summed E-state index contributed by atoms with van der Waals surface area (Å²) in [6.07, 6.45) is 4.07. The molecule has 1 aliphatic rings. The molecule has 0 saturated carbocycles.